The number of halogens is 1. The molecule has 156 valence electrons. The fourth-order valence-corrected chi connectivity index (χ4v) is 3.22. The molecule has 1 aliphatic heterocycles. The lowest BCUT2D eigenvalue weighted by Gasteiger charge is -2.34. The maximum absolute atomic E-state index is 12.2. The fourth-order valence-electron chi connectivity index (χ4n) is 3.09. The molecule has 1 aromatic carbocycles. The zero-order valence-corrected chi connectivity index (χ0v) is 17.8. The highest BCUT2D eigenvalue weighted by molar-refractivity contribution is 6.30. The molecule has 0 aliphatic carbocycles. The summed E-state index contributed by atoms with van der Waals surface area (Å²) < 4.78 is 11.0. The molecular formula is C21H31ClN2O4. The third-order valence-corrected chi connectivity index (χ3v) is 4.71. The number of nitrogens with one attached hydrogen (secondary N) is 1. The predicted molar refractivity (Wildman–Crippen MR) is 110 cm³/mol. The number of piperidine rings is 1. The molecule has 1 saturated heterocycles. The minimum absolute atomic E-state index is 0.0335. The van der Waals surface area contributed by atoms with Crippen LogP contribution < -0.4 is 10.1 Å². The summed E-state index contributed by atoms with van der Waals surface area (Å²) in [6.07, 6.45) is 2.93. The Morgan fingerprint density at radius 1 is 1.25 bits per heavy atom. The molecule has 0 bridgehead atoms. The second kappa shape index (κ2) is 10.6. The SMILES string of the molecule is CC(C)(C)OC(=O)N1CCCC(CCNC(=O)CCOc2ccc(Cl)cc2)C1. The van der Waals surface area contributed by atoms with E-state index in [9.17, 15) is 9.59 Å². The monoisotopic (exact) mass is 410 g/mol. The highest BCUT2D eigenvalue weighted by Gasteiger charge is 2.27. The van der Waals surface area contributed by atoms with Crippen LogP contribution in [-0.2, 0) is 9.53 Å². The molecule has 0 aromatic heterocycles. The summed E-state index contributed by atoms with van der Waals surface area (Å²) in [5, 5.41) is 3.58. The molecule has 6 nitrogen and oxygen atoms in total. The molecular weight excluding hydrogens is 380 g/mol. The molecule has 0 spiro atoms. The van der Waals surface area contributed by atoms with Gasteiger partial charge in [0.2, 0.25) is 5.91 Å². The smallest absolute Gasteiger partial charge is 0.410 e. The Hall–Kier alpha value is -1.95. The van der Waals surface area contributed by atoms with Gasteiger partial charge in [0.25, 0.3) is 0 Å². The minimum atomic E-state index is -0.480. The summed E-state index contributed by atoms with van der Waals surface area (Å²) >= 11 is 5.82. The van der Waals surface area contributed by atoms with Crippen LogP contribution in [0.15, 0.2) is 24.3 Å². The number of nitrogens with zero attached hydrogens (tertiary/aromatic N) is 1. The van der Waals surface area contributed by atoms with Gasteiger partial charge in [-0.3, -0.25) is 4.79 Å². The molecule has 28 heavy (non-hydrogen) atoms. The number of hydrogen-bond acceptors (Lipinski definition) is 4. The Morgan fingerprint density at radius 2 is 1.96 bits per heavy atom. The van der Waals surface area contributed by atoms with Crippen LogP contribution in [-0.4, -0.2) is 48.7 Å². The number of likely N-dealkylation sites (tertiary alicyclic amines) is 1. The normalized spacial score (nSPS) is 17.1. The topological polar surface area (TPSA) is 67.9 Å². The summed E-state index contributed by atoms with van der Waals surface area (Å²) in [6, 6.07) is 7.06. The average molecular weight is 411 g/mol. The summed E-state index contributed by atoms with van der Waals surface area (Å²) in [5.74, 6) is 1.04. The molecule has 7 heteroatoms. The van der Waals surface area contributed by atoms with Crippen molar-refractivity contribution < 1.29 is 19.1 Å². The first-order valence-electron chi connectivity index (χ1n) is 9.86. The molecule has 1 heterocycles. The van der Waals surface area contributed by atoms with E-state index in [0.29, 0.717) is 42.8 Å². The van der Waals surface area contributed by atoms with Gasteiger partial charge < -0.3 is 19.7 Å². The van der Waals surface area contributed by atoms with Crippen molar-refractivity contribution in [3.63, 3.8) is 0 Å². The summed E-state index contributed by atoms with van der Waals surface area (Å²) in [7, 11) is 0. The number of rotatable bonds is 7. The number of carbonyl (C=O) groups is 2. The molecule has 1 unspecified atom stereocenters. The highest BCUT2D eigenvalue weighted by Crippen LogP contribution is 2.21. The Kier molecular flexibility index (Phi) is 8.42. The summed E-state index contributed by atoms with van der Waals surface area (Å²) in [4.78, 5) is 25.9. The Balaban J connectivity index is 1.61. The zero-order chi connectivity index (χ0) is 20.6. The molecule has 1 fully saturated rings. The van der Waals surface area contributed by atoms with Crippen molar-refractivity contribution in [1.82, 2.24) is 10.2 Å². The maximum atomic E-state index is 12.2. The van der Waals surface area contributed by atoms with Crippen LogP contribution in [0.3, 0.4) is 0 Å². The van der Waals surface area contributed by atoms with Gasteiger partial charge in [0.1, 0.15) is 11.4 Å². The summed E-state index contributed by atoms with van der Waals surface area (Å²) in [5.41, 5.74) is -0.480. The lowest BCUT2D eigenvalue weighted by molar-refractivity contribution is -0.121. The molecule has 1 aromatic rings. The van der Waals surface area contributed by atoms with Gasteiger partial charge in [-0.2, -0.15) is 0 Å². The standard InChI is InChI=1S/C21H31ClN2O4/c1-21(2,3)28-20(26)24-13-4-5-16(15-24)10-12-23-19(25)11-14-27-18-8-6-17(22)7-9-18/h6-9,16H,4-5,10-15H2,1-3H3,(H,23,25). The van der Waals surface area contributed by atoms with Crippen molar-refractivity contribution in [3.05, 3.63) is 29.3 Å². The van der Waals surface area contributed by atoms with E-state index in [-0.39, 0.29) is 12.0 Å². The quantitative estimate of drug-likeness (QED) is 0.729. The van der Waals surface area contributed by atoms with Gasteiger partial charge in [-0.1, -0.05) is 11.6 Å². The Bertz CT molecular complexity index is 643. The lowest BCUT2D eigenvalue weighted by Crippen LogP contribution is -2.43. The number of amides is 2. The Labute approximate surface area is 172 Å². The van der Waals surface area contributed by atoms with Gasteiger partial charge in [-0.15, -0.1) is 0 Å². The highest BCUT2D eigenvalue weighted by atomic mass is 35.5. The summed E-state index contributed by atoms with van der Waals surface area (Å²) in [6.45, 7) is 7.97. The Morgan fingerprint density at radius 3 is 2.64 bits per heavy atom. The number of hydrogen-bond donors (Lipinski definition) is 1. The van der Waals surface area contributed by atoms with Crippen LogP contribution in [0.5, 0.6) is 5.75 Å². The lowest BCUT2D eigenvalue weighted by atomic mass is 9.95. The number of benzene rings is 1. The predicted octanol–water partition coefficient (Wildman–Crippen LogP) is 4.26. The first-order valence-corrected chi connectivity index (χ1v) is 10.2. The van der Waals surface area contributed by atoms with Crippen LogP contribution in [0.25, 0.3) is 0 Å². The molecule has 2 rings (SSSR count). The van der Waals surface area contributed by atoms with Crippen LogP contribution in [0.1, 0.15) is 46.5 Å². The first-order chi connectivity index (χ1) is 13.2. The first kappa shape index (κ1) is 22.3. The molecule has 0 saturated carbocycles. The van der Waals surface area contributed by atoms with Crippen molar-refractivity contribution >= 4 is 23.6 Å². The van der Waals surface area contributed by atoms with E-state index in [2.05, 4.69) is 5.32 Å². The van der Waals surface area contributed by atoms with Crippen LogP contribution >= 0.6 is 11.6 Å². The second-order valence-electron chi connectivity index (χ2n) is 8.13. The van der Waals surface area contributed by atoms with Crippen molar-refractivity contribution in [2.45, 2.75) is 52.1 Å². The minimum Gasteiger partial charge on any atom is -0.493 e. The third-order valence-electron chi connectivity index (χ3n) is 4.46. The van der Waals surface area contributed by atoms with Gasteiger partial charge in [0.05, 0.1) is 13.0 Å². The van der Waals surface area contributed by atoms with E-state index in [1.165, 1.54) is 0 Å². The van der Waals surface area contributed by atoms with Crippen molar-refractivity contribution in [3.8, 4) is 5.75 Å². The molecule has 2 amide bonds. The van der Waals surface area contributed by atoms with E-state index >= 15 is 0 Å². The third kappa shape index (κ3) is 8.38. The van der Waals surface area contributed by atoms with E-state index in [0.717, 1.165) is 25.8 Å². The van der Waals surface area contributed by atoms with Gasteiger partial charge in [-0.25, -0.2) is 4.79 Å². The molecule has 1 atom stereocenters. The van der Waals surface area contributed by atoms with Gasteiger partial charge in [0.15, 0.2) is 0 Å². The van der Waals surface area contributed by atoms with Crippen molar-refractivity contribution in [1.29, 1.82) is 0 Å². The number of ether oxygens (including phenoxy) is 2. The van der Waals surface area contributed by atoms with E-state index < -0.39 is 5.60 Å². The average Bonchev–Trinajstić information content (AvgIpc) is 2.62. The van der Waals surface area contributed by atoms with E-state index in [4.69, 9.17) is 21.1 Å². The molecule has 1 aliphatic rings. The molecule has 0 radical (unpaired) electrons. The van der Waals surface area contributed by atoms with Crippen molar-refractivity contribution in [2.24, 2.45) is 5.92 Å². The van der Waals surface area contributed by atoms with Gasteiger partial charge in [-0.05, 0) is 70.2 Å². The zero-order valence-electron chi connectivity index (χ0n) is 17.0. The van der Waals surface area contributed by atoms with E-state index in [1.807, 2.05) is 20.8 Å². The van der Waals surface area contributed by atoms with Crippen LogP contribution in [0.2, 0.25) is 5.02 Å². The van der Waals surface area contributed by atoms with Gasteiger partial charge >= 0.3 is 6.09 Å². The second-order valence-corrected chi connectivity index (χ2v) is 8.56. The van der Waals surface area contributed by atoms with E-state index in [1.54, 1.807) is 29.2 Å². The molecule has 1 N–H and O–H groups in total. The fraction of sp³-hybridized carbons (Fsp3) is 0.619. The van der Waals surface area contributed by atoms with Crippen molar-refractivity contribution in [2.75, 3.05) is 26.2 Å². The number of carbonyl (C=O) groups excluding carboxylic acids is 2. The van der Waals surface area contributed by atoms with Crippen LogP contribution in [0.4, 0.5) is 4.79 Å². The maximum Gasteiger partial charge on any atom is 0.410 e. The largest absolute Gasteiger partial charge is 0.493 e. The van der Waals surface area contributed by atoms with Crippen LogP contribution in [0, 0.1) is 5.92 Å². The van der Waals surface area contributed by atoms with Gasteiger partial charge in [0, 0.05) is 24.7 Å².